The lowest BCUT2D eigenvalue weighted by molar-refractivity contribution is 0.240. The lowest BCUT2D eigenvalue weighted by atomic mass is 10.2. The zero-order valence-corrected chi connectivity index (χ0v) is 14.4. The molecule has 132 valence electrons. The molecule has 0 bridgehead atoms. The third-order valence-electron chi connectivity index (χ3n) is 4.27. The van der Waals surface area contributed by atoms with E-state index in [1.165, 1.54) is 11.3 Å². The average Bonchev–Trinajstić information content (AvgIpc) is 3.08. The van der Waals surface area contributed by atoms with Crippen molar-refractivity contribution in [1.82, 2.24) is 20.6 Å². The second-order valence-corrected chi connectivity index (χ2v) is 6.06. The second kappa shape index (κ2) is 8.32. The standard InChI is InChI=1S/C18H24N6O/c1-14(24-12-7-15-5-2-3-6-16(15)24)13-23-18(25)22-11-10-21-17-19-8-4-9-20-17/h2-6,8-9,14H,7,10-13H2,1H3,(H,19,20,21)(H2,22,23,25). The molecule has 25 heavy (non-hydrogen) atoms. The number of amides is 2. The van der Waals surface area contributed by atoms with Crippen LogP contribution in [0.1, 0.15) is 12.5 Å². The SMILES string of the molecule is CC(CNC(=O)NCCNc1ncccn1)N1CCc2ccccc21. The summed E-state index contributed by atoms with van der Waals surface area (Å²) in [5, 5.41) is 8.82. The molecule has 0 saturated heterocycles. The van der Waals surface area contributed by atoms with E-state index in [4.69, 9.17) is 0 Å². The number of nitrogens with one attached hydrogen (secondary N) is 3. The number of carbonyl (C=O) groups is 1. The fraction of sp³-hybridized carbons (Fsp3) is 0.389. The monoisotopic (exact) mass is 340 g/mol. The number of nitrogens with zero attached hydrogens (tertiary/aromatic N) is 3. The van der Waals surface area contributed by atoms with Gasteiger partial charge >= 0.3 is 6.03 Å². The molecule has 1 aliphatic heterocycles. The molecule has 1 unspecified atom stereocenters. The molecule has 1 aromatic heterocycles. The summed E-state index contributed by atoms with van der Waals surface area (Å²) in [5.41, 5.74) is 2.66. The quantitative estimate of drug-likeness (QED) is 0.668. The summed E-state index contributed by atoms with van der Waals surface area (Å²) in [7, 11) is 0. The summed E-state index contributed by atoms with van der Waals surface area (Å²) >= 11 is 0. The van der Waals surface area contributed by atoms with E-state index in [1.54, 1.807) is 18.5 Å². The van der Waals surface area contributed by atoms with E-state index < -0.39 is 0 Å². The van der Waals surface area contributed by atoms with Crippen molar-refractivity contribution in [1.29, 1.82) is 0 Å². The predicted octanol–water partition coefficient (Wildman–Crippen LogP) is 1.64. The van der Waals surface area contributed by atoms with Crippen LogP contribution in [0, 0.1) is 0 Å². The van der Waals surface area contributed by atoms with Gasteiger partial charge in [0.15, 0.2) is 0 Å². The van der Waals surface area contributed by atoms with Crippen molar-refractivity contribution in [2.45, 2.75) is 19.4 Å². The summed E-state index contributed by atoms with van der Waals surface area (Å²) in [6, 6.07) is 10.3. The second-order valence-electron chi connectivity index (χ2n) is 6.06. The minimum absolute atomic E-state index is 0.157. The Morgan fingerprint density at radius 2 is 1.96 bits per heavy atom. The average molecular weight is 340 g/mol. The Balaban J connectivity index is 1.35. The van der Waals surface area contributed by atoms with Crippen LogP contribution in [0.15, 0.2) is 42.7 Å². The molecule has 0 spiro atoms. The van der Waals surface area contributed by atoms with Gasteiger partial charge in [-0.1, -0.05) is 18.2 Å². The molecular formula is C18H24N6O. The predicted molar refractivity (Wildman–Crippen MR) is 98.9 cm³/mol. The minimum atomic E-state index is -0.157. The molecule has 0 aliphatic carbocycles. The molecule has 0 fully saturated rings. The molecular weight excluding hydrogens is 316 g/mol. The number of aromatic nitrogens is 2. The highest BCUT2D eigenvalue weighted by molar-refractivity contribution is 5.74. The first-order valence-electron chi connectivity index (χ1n) is 8.61. The van der Waals surface area contributed by atoms with Crippen LogP contribution >= 0.6 is 0 Å². The third-order valence-corrected chi connectivity index (χ3v) is 4.27. The van der Waals surface area contributed by atoms with E-state index in [1.807, 2.05) is 0 Å². The maximum Gasteiger partial charge on any atom is 0.314 e. The number of urea groups is 1. The maximum absolute atomic E-state index is 11.9. The molecule has 3 rings (SSSR count). The van der Waals surface area contributed by atoms with E-state index in [0.29, 0.717) is 25.6 Å². The first-order chi connectivity index (χ1) is 12.2. The molecule has 0 saturated carbocycles. The molecule has 7 nitrogen and oxygen atoms in total. The van der Waals surface area contributed by atoms with Crippen LogP contribution in [0.3, 0.4) is 0 Å². The van der Waals surface area contributed by atoms with Gasteiger partial charge in [-0.3, -0.25) is 0 Å². The number of hydrogen-bond acceptors (Lipinski definition) is 5. The number of para-hydroxylation sites is 1. The van der Waals surface area contributed by atoms with Crippen LogP contribution in [0.25, 0.3) is 0 Å². The van der Waals surface area contributed by atoms with Crippen LogP contribution in [0.4, 0.5) is 16.4 Å². The normalized spacial score (nSPS) is 13.9. The Morgan fingerprint density at radius 1 is 1.16 bits per heavy atom. The largest absolute Gasteiger partial charge is 0.366 e. The third kappa shape index (κ3) is 4.59. The highest BCUT2D eigenvalue weighted by Gasteiger charge is 2.22. The van der Waals surface area contributed by atoms with Gasteiger partial charge in [0.25, 0.3) is 0 Å². The molecule has 7 heteroatoms. The number of fused-ring (bicyclic) bond motifs is 1. The molecule has 0 radical (unpaired) electrons. The minimum Gasteiger partial charge on any atom is -0.366 e. The summed E-state index contributed by atoms with van der Waals surface area (Å²) in [4.78, 5) is 22.4. The summed E-state index contributed by atoms with van der Waals surface area (Å²) in [6.07, 6.45) is 4.42. The fourth-order valence-corrected chi connectivity index (χ4v) is 2.98. The molecule has 2 aromatic rings. The summed E-state index contributed by atoms with van der Waals surface area (Å²) in [6.45, 7) is 4.83. The van der Waals surface area contributed by atoms with Crippen molar-refractivity contribution in [3.05, 3.63) is 48.3 Å². The van der Waals surface area contributed by atoms with Gasteiger partial charge in [-0.25, -0.2) is 14.8 Å². The fourth-order valence-electron chi connectivity index (χ4n) is 2.98. The molecule has 1 aromatic carbocycles. The van der Waals surface area contributed by atoms with Gasteiger partial charge < -0.3 is 20.9 Å². The topological polar surface area (TPSA) is 82.2 Å². The van der Waals surface area contributed by atoms with Gasteiger partial charge in [0.2, 0.25) is 5.95 Å². The Bertz CT molecular complexity index is 693. The smallest absolute Gasteiger partial charge is 0.314 e. The lowest BCUT2D eigenvalue weighted by Crippen LogP contribution is -2.45. The number of hydrogen-bond donors (Lipinski definition) is 3. The van der Waals surface area contributed by atoms with Gasteiger partial charge in [-0.15, -0.1) is 0 Å². The van der Waals surface area contributed by atoms with Gasteiger partial charge in [0.05, 0.1) is 0 Å². The molecule has 3 N–H and O–H groups in total. The molecule has 2 amide bonds. The number of carbonyl (C=O) groups excluding carboxylic acids is 1. The zero-order chi connectivity index (χ0) is 17.5. The zero-order valence-electron chi connectivity index (χ0n) is 14.4. The Hall–Kier alpha value is -2.83. The van der Waals surface area contributed by atoms with Gasteiger partial charge in [-0.2, -0.15) is 0 Å². The van der Waals surface area contributed by atoms with E-state index >= 15 is 0 Å². The van der Waals surface area contributed by atoms with Crippen molar-refractivity contribution in [2.24, 2.45) is 0 Å². The van der Waals surface area contributed by atoms with Gasteiger partial charge in [-0.05, 0) is 31.0 Å². The highest BCUT2D eigenvalue weighted by atomic mass is 16.2. The Labute approximate surface area is 147 Å². The first kappa shape index (κ1) is 17.0. The molecule has 1 aliphatic rings. The number of benzene rings is 1. The Kier molecular flexibility index (Phi) is 5.66. The van der Waals surface area contributed by atoms with Gasteiger partial charge in [0.1, 0.15) is 0 Å². The summed E-state index contributed by atoms with van der Waals surface area (Å²) in [5.74, 6) is 0.561. The first-order valence-corrected chi connectivity index (χ1v) is 8.61. The van der Waals surface area contributed by atoms with E-state index in [9.17, 15) is 4.79 Å². The van der Waals surface area contributed by atoms with Gasteiger partial charge in [0, 0.05) is 50.3 Å². The van der Waals surface area contributed by atoms with E-state index in [0.717, 1.165) is 13.0 Å². The molecule has 1 atom stereocenters. The van der Waals surface area contributed by atoms with Crippen molar-refractivity contribution in [2.75, 3.05) is 36.4 Å². The van der Waals surface area contributed by atoms with Crippen LogP contribution in [-0.2, 0) is 6.42 Å². The maximum atomic E-state index is 11.9. The van der Waals surface area contributed by atoms with Crippen molar-refractivity contribution in [3.8, 4) is 0 Å². The van der Waals surface area contributed by atoms with Crippen molar-refractivity contribution < 1.29 is 4.79 Å². The Morgan fingerprint density at radius 3 is 2.80 bits per heavy atom. The highest BCUT2D eigenvalue weighted by Crippen LogP contribution is 2.28. The number of rotatable bonds is 7. The summed E-state index contributed by atoms with van der Waals surface area (Å²) < 4.78 is 0. The van der Waals surface area contributed by atoms with Crippen LogP contribution in [-0.4, -0.2) is 48.2 Å². The van der Waals surface area contributed by atoms with Crippen LogP contribution in [0.2, 0.25) is 0 Å². The van der Waals surface area contributed by atoms with E-state index in [2.05, 4.69) is 62.0 Å². The lowest BCUT2D eigenvalue weighted by Gasteiger charge is -2.27. The van der Waals surface area contributed by atoms with Crippen molar-refractivity contribution in [3.63, 3.8) is 0 Å². The van der Waals surface area contributed by atoms with Crippen molar-refractivity contribution >= 4 is 17.7 Å². The van der Waals surface area contributed by atoms with Crippen LogP contribution < -0.4 is 20.9 Å². The van der Waals surface area contributed by atoms with Crippen LogP contribution in [0.5, 0.6) is 0 Å². The van der Waals surface area contributed by atoms with E-state index in [-0.39, 0.29) is 12.1 Å². The molecule has 2 heterocycles. The number of anilines is 2.